The highest BCUT2D eigenvalue weighted by Gasteiger charge is 2.11. The van der Waals surface area contributed by atoms with E-state index in [9.17, 15) is 0 Å². The smallest absolute Gasteiger partial charge is 0.119 e. The van der Waals surface area contributed by atoms with Crippen molar-refractivity contribution in [3.63, 3.8) is 0 Å². The normalized spacial score (nSPS) is 10.6. The molecule has 0 bridgehead atoms. The van der Waals surface area contributed by atoms with Crippen LogP contribution in [0.15, 0.2) is 24.8 Å². The van der Waals surface area contributed by atoms with Gasteiger partial charge in [-0.1, -0.05) is 13.5 Å². The van der Waals surface area contributed by atoms with Crippen LogP contribution in [0.4, 0.5) is 0 Å². The number of aryl methyl sites for hydroxylation is 1. The molecular formula is C15H20N2O. The number of H-pyrrole nitrogens is 1. The number of hydrogen-bond donors (Lipinski definition) is 2. The van der Waals surface area contributed by atoms with Crippen LogP contribution in [0.2, 0.25) is 0 Å². The van der Waals surface area contributed by atoms with Crippen LogP contribution in [-0.2, 0) is 0 Å². The molecule has 3 heteroatoms. The molecule has 2 N–H and O–H groups in total. The fourth-order valence-electron chi connectivity index (χ4n) is 2.19. The number of rotatable bonds is 5. The monoisotopic (exact) mass is 244 g/mol. The van der Waals surface area contributed by atoms with E-state index in [-0.39, 0.29) is 0 Å². The van der Waals surface area contributed by atoms with E-state index in [1.165, 1.54) is 0 Å². The molecule has 0 atom stereocenters. The Balaban J connectivity index is 2.47. The van der Waals surface area contributed by atoms with Gasteiger partial charge in [0, 0.05) is 34.4 Å². The highest BCUT2D eigenvalue weighted by atomic mass is 16.5. The highest BCUT2D eigenvalue weighted by Crippen LogP contribution is 2.29. The van der Waals surface area contributed by atoms with Crippen molar-refractivity contribution in [2.75, 3.05) is 13.7 Å². The summed E-state index contributed by atoms with van der Waals surface area (Å²) in [5.41, 5.74) is 4.36. The largest absolute Gasteiger partial charge is 0.497 e. The van der Waals surface area contributed by atoms with Crippen LogP contribution in [0.3, 0.4) is 0 Å². The molecule has 0 radical (unpaired) electrons. The zero-order valence-electron chi connectivity index (χ0n) is 11.3. The Kier molecular flexibility index (Phi) is 3.60. The number of aromatic amines is 1. The minimum Gasteiger partial charge on any atom is -0.497 e. The van der Waals surface area contributed by atoms with E-state index in [0.717, 1.165) is 46.6 Å². The van der Waals surface area contributed by atoms with Crippen molar-refractivity contribution < 1.29 is 4.74 Å². The van der Waals surface area contributed by atoms with Gasteiger partial charge in [-0.25, -0.2) is 0 Å². The molecule has 0 fully saturated rings. The van der Waals surface area contributed by atoms with Gasteiger partial charge >= 0.3 is 0 Å². The first kappa shape index (κ1) is 12.6. The van der Waals surface area contributed by atoms with E-state index in [4.69, 9.17) is 4.74 Å². The zero-order valence-corrected chi connectivity index (χ0v) is 11.3. The van der Waals surface area contributed by atoms with Crippen molar-refractivity contribution in [1.82, 2.24) is 10.3 Å². The first-order valence-electron chi connectivity index (χ1n) is 6.26. The Labute approximate surface area is 108 Å². The predicted molar refractivity (Wildman–Crippen MR) is 76.9 cm³/mol. The number of benzene rings is 1. The van der Waals surface area contributed by atoms with Gasteiger partial charge in [0.2, 0.25) is 0 Å². The molecule has 0 aliphatic carbocycles. The second-order valence-electron chi connectivity index (χ2n) is 4.44. The maximum Gasteiger partial charge on any atom is 0.119 e. The SMILES string of the molecule is C=C(NCCC)c1c(C)[nH]c2ccc(OC)cc12. The molecule has 0 spiro atoms. The number of ether oxygens (including phenoxy) is 1. The minimum atomic E-state index is 0.867. The van der Waals surface area contributed by atoms with E-state index in [1.807, 2.05) is 18.2 Å². The molecule has 1 heterocycles. The summed E-state index contributed by atoms with van der Waals surface area (Å²) in [6.07, 6.45) is 1.09. The van der Waals surface area contributed by atoms with Crippen molar-refractivity contribution in [2.24, 2.45) is 0 Å². The first-order chi connectivity index (χ1) is 8.67. The molecule has 0 aliphatic rings. The van der Waals surface area contributed by atoms with E-state index < -0.39 is 0 Å². The lowest BCUT2D eigenvalue weighted by Crippen LogP contribution is -2.12. The lowest BCUT2D eigenvalue weighted by molar-refractivity contribution is 0.415. The average molecular weight is 244 g/mol. The fraction of sp³-hybridized carbons (Fsp3) is 0.333. The Morgan fingerprint density at radius 2 is 2.22 bits per heavy atom. The molecule has 1 aromatic carbocycles. The molecule has 1 aromatic heterocycles. The molecule has 0 amide bonds. The Morgan fingerprint density at radius 1 is 1.44 bits per heavy atom. The number of hydrogen-bond acceptors (Lipinski definition) is 2. The first-order valence-corrected chi connectivity index (χ1v) is 6.26. The Bertz CT molecular complexity index is 569. The van der Waals surface area contributed by atoms with Crippen LogP contribution in [-0.4, -0.2) is 18.6 Å². The van der Waals surface area contributed by atoms with Crippen LogP contribution in [0, 0.1) is 6.92 Å². The van der Waals surface area contributed by atoms with Gasteiger partial charge in [0.05, 0.1) is 7.11 Å². The second kappa shape index (κ2) is 5.17. The molecule has 2 rings (SSSR count). The van der Waals surface area contributed by atoms with Crippen LogP contribution >= 0.6 is 0 Å². The molecule has 0 saturated heterocycles. The maximum absolute atomic E-state index is 5.28. The summed E-state index contributed by atoms with van der Waals surface area (Å²) >= 11 is 0. The van der Waals surface area contributed by atoms with Gasteiger partial charge in [-0.05, 0) is 31.5 Å². The number of methoxy groups -OCH3 is 1. The molecule has 0 unspecified atom stereocenters. The van der Waals surface area contributed by atoms with Crippen LogP contribution in [0.1, 0.15) is 24.6 Å². The third-order valence-corrected chi connectivity index (χ3v) is 3.08. The summed E-state index contributed by atoms with van der Waals surface area (Å²) in [6.45, 7) is 9.28. The van der Waals surface area contributed by atoms with Gasteiger partial charge in [0.15, 0.2) is 0 Å². The number of aromatic nitrogens is 1. The Hall–Kier alpha value is -1.90. The quantitative estimate of drug-likeness (QED) is 0.845. The van der Waals surface area contributed by atoms with Crippen LogP contribution < -0.4 is 10.1 Å². The average Bonchev–Trinajstić information content (AvgIpc) is 2.70. The maximum atomic E-state index is 5.28. The summed E-state index contributed by atoms with van der Waals surface area (Å²) in [4.78, 5) is 3.38. The highest BCUT2D eigenvalue weighted by molar-refractivity contribution is 5.94. The number of nitrogens with one attached hydrogen (secondary N) is 2. The molecule has 96 valence electrons. The van der Waals surface area contributed by atoms with Gasteiger partial charge in [-0.3, -0.25) is 0 Å². The molecule has 0 saturated carbocycles. The van der Waals surface area contributed by atoms with E-state index in [0.29, 0.717) is 0 Å². The molecule has 2 aromatic rings. The number of fused-ring (bicyclic) bond motifs is 1. The summed E-state index contributed by atoms with van der Waals surface area (Å²) in [5, 5.41) is 4.50. The van der Waals surface area contributed by atoms with Gasteiger partial charge < -0.3 is 15.0 Å². The van der Waals surface area contributed by atoms with Crippen molar-refractivity contribution in [3.05, 3.63) is 36.0 Å². The van der Waals surface area contributed by atoms with Crippen LogP contribution in [0.5, 0.6) is 5.75 Å². The lowest BCUT2D eigenvalue weighted by atomic mass is 10.1. The predicted octanol–water partition coefficient (Wildman–Crippen LogP) is 3.46. The second-order valence-corrected chi connectivity index (χ2v) is 4.44. The van der Waals surface area contributed by atoms with E-state index in [2.05, 4.69) is 30.7 Å². The Morgan fingerprint density at radius 3 is 2.89 bits per heavy atom. The molecule has 3 nitrogen and oxygen atoms in total. The third-order valence-electron chi connectivity index (χ3n) is 3.08. The summed E-state index contributed by atoms with van der Waals surface area (Å²) in [5.74, 6) is 0.867. The van der Waals surface area contributed by atoms with Crippen molar-refractivity contribution in [2.45, 2.75) is 20.3 Å². The summed E-state index contributed by atoms with van der Waals surface area (Å²) in [7, 11) is 1.69. The van der Waals surface area contributed by atoms with Crippen LogP contribution in [0.25, 0.3) is 16.6 Å². The fourth-order valence-corrected chi connectivity index (χ4v) is 2.19. The molecule has 18 heavy (non-hydrogen) atoms. The summed E-state index contributed by atoms with van der Waals surface area (Å²) < 4.78 is 5.28. The standard InChI is InChI=1S/C15H20N2O/c1-5-8-16-10(2)15-11(3)17-14-7-6-12(18-4)9-13(14)15/h6-7,9,16-17H,2,5,8H2,1,3-4H3. The zero-order chi connectivity index (χ0) is 13.1. The van der Waals surface area contributed by atoms with Crippen molar-refractivity contribution >= 4 is 16.6 Å². The van der Waals surface area contributed by atoms with Gasteiger partial charge in [-0.15, -0.1) is 0 Å². The van der Waals surface area contributed by atoms with Crippen molar-refractivity contribution in [1.29, 1.82) is 0 Å². The topological polar surface area (TPSA) is 37.0 Å². The third kappa shape index (κ3) is 2.21. The van der Waals surface area contributed by atoms with Gasteiger partial charge in [0.25, 0.3) is 0 Å². The van der Waals surface area contributed by atoms with Gasteiger partial charge in [-0.2, -0.15) is 0 Å². The van der Waals surface area contributed by atoms with Crippen molar-refractivity contribution in [3.8, 4) is 5.75 Å². The summed E-state index contributed by atoms with van der Waals surface area (Å²) in [6, 6.07) is 6.05. The van der Waals surface area contributed by atoms with Gasteiger partial charge in [0.1, 0.15) is 5.75 Å². The molecular weight excluding hydrogens is 224 g/mol. The van der Waals surface area contributed by atoms with E-state index in [1.54, 1.807) is 7.11 Å². The van der Waals surface area contributed by atoms with E-state index >= 15 is 0 Å². The lowest BCUT2D eigenvalue weighted by Gasteiger charge is -2.09. The minimum absolute atomic E-state index is 0.867. The molecule has 0 aliphatic heterocycles.